The Labute approximate surface area is 392 Å². The first-order valence-corrected chi connectivity index (χ1v) is 22.5. The molecule has 1 aliphatic rings. The van der Waals surface area contributed by atoms with Gasteiger partial charge in [-0.1, -0.05) is 40.8 Å². The van der Waals surface area contributed by atoms with Gasteiger partial charge >= 0.3 is 0 Å². The zero-order valence-electron chi connectivity index (χ0n) is 38.1. The van der Waals surface area contributed by atoms with E-state index in [1.807, 2.05) is 6.07 Å². The van der Waals surface area contributed by atoms with Crippen LogP contribution in [0.5, 0.6) is 0 Å². The van der Waals surface area contributed by atoms with Crippen molar-refractivity contribution in [1.82, 2.24) is 67.2 Å². The summed E-state index contributed by atoms with van der Waals surface area (Å²) in [6.07, 6.45) is 5.06. The SMILES string of the molecule is N=C(N)NCCC[C@@H]1NC(=O)C(CCCNC(=O)CCOCCOCCOCCOCCNC(=O)Cn2cc(CCCF)nn2)n2cc(nn2)C(c2ccccc2)NC(=O)CNC(=O)CNC1=O. The van der Waals surface area contributed by atoms with E-state index in [1.165, 1.54) is 15.6 Å². The number of guanidine groups is 1. The van der Waals surface area contributed by atoms with E-state index in [4.69, 9.17) is 30.1 Å². The molecule has 3 heterocycles. The van der Waals surface area contributed by atoms with Crippen molar-refractivity contribution in [3.63, 3.8) is 0 Å². The molecule has 3 aromatic rings. The lowest BCUT2D eigenvalue weighted by Crippen LogP contribution is -2.51. The number of amides is 6. The number of hydrogen-bond donors (Lipinski definition) is 9. The number of carbonyl (C=O) groups excluding carboxylic acids is 6. The Hall–Kier alpha value is -6.64. The molecule has 2 unspecified atom stereocenters. The second-order valence-corrected chi connectivity index (χ2v) is 15.3. The molecule has 0 saturated carbocycles. The standard InChI is InChI=1S/C42H64FN15O10/c43-13-4-9-31-27-57(55-53-31)29-38(62)47-16-18-66-20-22-68-24-23-67-21-19-65-17-12-35(59)46-14-6-11-34-41(64)51-32(10-5-15-48-42(44)45)40(63)50-25-36(60)49-26-37(61)52-39(30-7-2-1-3-8-30)33-28-58(34)56-54-33/h1-3,7-8,27-28,32,34,39H,4-6,9-26,29H2,(H,46,59)(H,47,62)(H,49,60)(H,50,63)(H,51,64)(H,52,61)(H4,44,45,48)/t32-,34?,39?/m0/s1. The molecule has 10 N–H and O–H groups in total. The Morgan fingerprint density at radius 2 is 1.40 bits per heavy atom. The lowest BCUT2D eigenvalue weighted by atomic mass is 10.0. The Bertz CT molecular complexity index is 2020. The first kappa shape index (κ1) is 54.0. The van der Waals surface area contributed by atoms with Crippen LogP contribution in [0.4, 0.5) is 4.39 Å². The van der Waals surface area contributed by atoms with Gasteiger partial charge in [0.15, 0.2) is 5.96 Å². The molecule has 1 aromatic carbocycles. The number of benzene rings is 1. The van der Waals surface area contributed by atoms with Crippen molar-refractivity contribution in [1.29, 1.82) is 5.41 Å². The molecule has 3 atom stereocenters. The third-order valence-corrected chi connectivity index (χ3v) is 9.96. The molecule has 0 spiro atoms. The molecule has 2 bridgehead atoms. The summed E-state index contributed by atoms with van der Waals surface area (Å²) in [5.41, 5.74) is 7.03. The Morgan fingerprint density at radius 1 is 0.735 bits per heavy atom. The summed E-state index contributed by atoms with van der Waals surface area (Å²) < 4.78 is 37.0. The van der Waals surface area contributed by atoms with Gasteiger partial charge in [0.2, 0.25) is 35.4 Å². The van der Waals surface area contributed by atoms with E-state index < -0.39 is 55.0 Å². The predicted octanol–water partition coefficient (Wildman–Crippen LogP) is -2.32. The Morgan fingerprint density at radius 3 is 2.12 bits per heavy atom. The van der Waals surface area contributed by atoms with Gasteiger partial charge in [0.05, 0.1) is 90.6 Å². The summed E-state index contributed by atoms with van der Waals surface area (Å²) in [5, 5.41) is 42.6. The average Bonchev–Trinajstić information content (AvgIpc) is 4.00. The number of aromatic nitrogens is 6. The molecular formula is C42H64FN15O10. The maximum atomic E-state index is 14.0. The summed E-state index contributed by atoms with van der Waals surface area (Å²) in [7, 11) is 0. The van der Waals surface area contributed by atoms with E-state index in [1.54, 1.807) is 30.5 Å². The highest BCUT2D eigenvalue weighted by atomic mass is 19.1. The smallest absolute Gasteiger partial charge is 0.245 e. The lowest BCUT2D eigenvalue weighted by Gasteiger charge is -2.23. The zero-order chi connectivity index (χ0) is 48.8. The molecular weight excluding hydrogens is 894 g/mol. The molecule has 0 aliphatic carbocycles. The fraction of sp³-hybridized carbons (Fsp3) is 0.595. The normalized spacial score (nSPS) is 16.8. The number of aryl methyl sites for hydroxylation is 1. The molecule has 374 valence electrons. The Kier molecular flexibility index (Phi) is 24.9. The van der Waals surface area contributed by atoms with Crippen LogP contribution >= 0.6 is 0 Å². The van der Waals surface area contributed by atoms with Gasteiger partial charge in [-0.3, -0.25) is 38.6 Å². The van der Waals surface area contributed by atoms with Crippen molar-refractivity contribution in [2.24, 2.45) is 5.73 Å². The summed E-state index contributed by atoms with van der Waals surface area (Å²) in [6, 6.07) is 6.13. The van der Waals surface area contributed by atoms with Crippen molar-refractivity contribution in [2.45, 2.75) is 69.6 Å². The molecule has 26 heteroatoms. The van der Waals surface area contributed by atoms with Crippen molar-refractivity contribution in [2.75, 3.05) is 92.3 Å². The van der Waals surface area contributed by atoms with Crippen molar-refractivity contribution in [3.8, 4) is 0 Å². The maximum Gasteiger partial charge on any atom is 0.245 e. The van der Waals surface area contributed by atoms with E-state index in [9.17, 15) is 33.2 Å². The summed E-state index contributed by atoms with van der Waals surface area (Å²) in [5.74, 6) is -3.10. The number of halogens is 1. The van der Waals surface area contributed by atoms with E-state index in [-0.39, 0.29) is 76.4 Å². The molecule has 0 saturated heterocycles. The topological polar surface area (TPSA) is 335 Å². The van der Waals surface area contributed by atoms with Crippen LogP contribution in [0.3, 0.4) is 0 Å². The first-order valence-electron chi connectivity index (χ1n) is 22.5. The van der Waals surface area contributed by atoms with Crippen LogP contribution in [-0.4, -0.2) is 170 Å². The monoisotopic (exact) mass is 957 g/mol. The number of fused-ring (bicyclic) bond motifs is 2. The summed E-state index contributed by atoms with van der Waals surface area (Å²) >= 11 is 0. The van der Waals surface area contributed by atoms with E-state index >= 15 is 0 Å². The van der Waals surface area contributed by atoms with Gasteiger partial charge in [0, 0.05) is 32.3 Å². The minimum absolute atomic E-state index is 0.0120. The van der Waals surface area contributed by atoms with E-state index in [0.29, 0.717) is 88.8 Å². The van der Waals surface area contributed by atoms with Gasteiger partial charge in [0.25, 0.3) is 0 Å². The number of ether oxygens (including phenoxy) is 4. The minimum atomic E-state index is -1.08. The maximum absolute atomic E-state index is 14.0. The number of nitrogens with one attached hydrogen (secondary N) is 8. The van der Waals surface area contributed by atoms with Gasteiger partial charge in [-0.25, -0.2) is 9.36 Å². The van der Waals surface area contributed by atoms with Gasteiger partial charge in [-0.2, -0.15) is 0 Å². The van der Waals surface area contributed by atoms with Crippen molar-refractivity contribution >= 4 is 41.4 Å². The van der Waals surface area contributed by atoms with Crippen molar-refractivity contribution in [3.05, 3.63) is 59.7 Å². The zero-order valence-corrected chi connectivity index (χ0v) is 38.1. The highest BCUT2D eigenvalue weighted by molar-refractivity contribution is 5.92. The second-order valence-electron chi connectivity index (χ2n) is 15.3. The summed E-state index contributed by atoms with van der Waals surface area (Å²) in [4.78, 5) is 77.5. The number of nitrogens with two attached hydrogens (primary N) is 1. The van der Waals surface area contributed by atoms with Gasteiger partial charge in [-0.15, -0.1) is 10.2 Å². The quantitative estimate of drug-likeness (QED) is 0.0200. The van der Waals surface area contributed by atoms with Crippen LogP contribution in [0, 0.1) is 5.41 Å². The fourth-order valence-electron chi connectivity index (χ4n) is 6.52. The van der Waals surface area contributed by atoms with Gasteiger partial charge < -0.3 is 61.9 Å². The Balaban J connectivity index is 1.14. The van der Waals surface area contributed by atoms with Crippen LogP contribution in [-0.2, 0) is 60.7 Å². The largest absolute Gasteiger partial charge is 0.379 e. The second kappa shape index (κ2) is 31.4. The molecule has 6 amide bonds. The van der Waals surface area contributed by atoms with Crippen LogP contribution in [0.15, 0.2) is 42.7 Å². The molecule has 0 radical (unpaired) electrons. The highest BCUT2D eigenvalue weighted by Crippen LogP contribution is 2.22. The first-order chi connectivity index (χ1) is 33.0. The summed E-state index contributed by atoms with van der Waals surface area (Å²) in [6.45, 7) is 1.94. The van der Waals surface area contributed by atoms with Crippen LogP contribution < -0.4 is 43.0 Å². The van der Waals surface area contributed by atoms with E-state index in [0.717, 1.165) is 0 Å². The van der Waals surface area contributed by atoms with Gasteiger partial charge in [0.1, 0.15) is 24.3 Å². The lowest BCUT2D eigenvalue weighted by molar-refractivity contribution is -0.132. The van der Waals surface area contributed by atoms with Crippen LogP contribution in [0.2, 0.25) is 0 Å². The molecule has 2 aromatic heterocycles. The number of hydrogen-bond acceptors (Lipinski definition) is 15. The molecule has 0 fully saturated rings. The third-order valence-electron chi connectivity index (χ3n) is 9.96. The van der Waals surface area contributed by atoms with Gasteiger partial charge in [-0.05, 0) is 44.1 Å². The number of carbonyl (C=O) groups is 6. The molecule has 1 aliphatic heterocycles. The fourth-order valence-corrected chi connectivity index (χ4v) is 6.52. The molecule has 68 heavy (non-hydrogen) atoms. The number of alkyl halides is 1. The highest BCUT2D eigenvalue weighted by Gasteiger charge is 2.30. The number of nitrogens with zero attached hydrogens (tertiary/aromatic N) is 6. The predicted molar refractivity (Wildman–Crippen MR) is 240 cm³/mol. The van der Waals surface area contributed by atoms with Crippen LogP contribution in [0.1, 0.15) is 67.6 Å². The molecule has 4 rings (SSSR count). The minimum Gasteiger partial charge on any atom is -0.379 e. The third kappa shape index (κ3) is 21.3. The van der Waals surface area contributed by atoms with E-state index in [2.05, 4.69) is 57.8 Å². The van der Waals surface area contributed by atoms with Crippen LogP contribution in [0.25, 0.3) is 0 Å². The van der Waals surface area contributed by atoms with Crippen molar-refractivity contribution < 1.29 is 52.1 Å². The average molecular weight is 958 g/mol. The number of rotatable bonds is 29. The molecule has 25 nitrogen and oxygen atoms in total.